The average Bonchev–Trinajstić information content (AvgIpc) is 2.61. The minimum atomic E-state index is -0.0756. The number of rotatable bonds is 7. The van der Waals surface area contributed by atoms with Crippen molar-refractivity contribution in [2.45, 2.75) is 13.3 Å². The number of piperazine rings is 1. The molecular weight excluding hydrogens is 332 g/mol. The number of hydrogen-bond acceptors (Lipinski definition) is 4. The first-order chi connectivity index (χ1) is 11.6. The first-order valence-electron chi connectivity index (χ1n) is 8.11. The molecule has 1 aliphatic rings. The Labute approximate surface area is 147 Å². The molecule has 1 aromatic rings. The third kappa shape index (κ3) is 5.30. The second-order valence-corrected chi connectivity index (χ2v) is 5.77. The second-order valence-electron chi connectivity index (χ2n) is 5.39. The highest BCUT2D eigenvalue weighted by Crippen LogP contribution is 2.17. The fraction of sp³-hybridized carbons (Fsp3) is 0.529. The molecular formula is C17H23ClN2O4. The summed E-state index contributed by atoms with van der Waals surface area (Å²) in [5, 5.41) is 0. The molecule has 0 N–H and O–H groups in total. The lowest BCUT2D eigenvalue weighted by atomic mass is 10.3. The fourth-order valence-corrected chi connectivity index (χ4v) is 2.64. The van der Waals surface area contributed by atoms with Crippen LogP contribution < -0.4 is 9.47 Å². The van der Waals surface area contributed by atoms with Crippen LogP contribution in [0, 0.1) is 0 Å². The maximum atomic E-state index is 12.2. The van der Waals surface area contributed by atoms with Crippen molar-refractivity contribution in [2.24, 2.45) is 0 Å². The lowest BCUT2D eigenvalue weighted by Crippen LogP contribution is -2.51. The predicted molar refractivity (Wildman–Crippen MR) is 91.6 cm³/mol. The number of carbonyl (C=O) groups excluding carboxylic acids is 2. The van der Waals surface area contributed by atoms with E-state index in [1.165, 1.54) is 0 Å². The Bertz CT molecular complexity index is 542. The Balaban J connectivity index is 1.74. The van der Waals surface area contributed by atoms with E-state index >= 15 is 0 Å². The normalized spacial score (nSPS) is 14.4. The molecule has 0 saturated carbocycles. The summed E-state index contributed by atoms with van der Waals surface area (Å²) < 4.78 is 10.9. The standard InChI is InChI=1S/C17H23ClN2O4/c1-2-23-14-3-5-15(6-4-14)24-13-17(22)20-11-9-19(10-12-20)16(21)7-8-18/h3-6H,2,7-13H2,1H3. The van der Waals surface area contributed by atoms with Gasteiger partial charge in [-0.3, -0.25) is 9.59 Å². The first-order valence-corrected chi connectivity index (χ1v) is 8.64. The molecule has 6 nitrogen and oxygen atoms in total. The van der Waals surface area contributed by atoms with Crippen molar-refractivity contribution in [1.82, 2.24) is 9.80 Å². The van der Waals surface area contributed by atoms with Crippen molar-refractivity contribution in [3.05, 3.63) is 24.3 Å². The van der Waals surface area contributed by atoms with E-state index in [0.717, 1.165) is 5.75 Å². The SMILES string of the molecule is CCOc1ccc(OCC(=O)N2CCN(C(=O)CCCl)CC2)cc1. The van der Waals surface area contributed by atoms with Gasteiger partial charge in [0.1, 0.15) is 11.5 Å². The van der Waals surface area contributed by atoms with Crippen LogP contribution in [0.15, 0.2) is 24.3 Å². The number of benzene rings is 1. The number of amides is 2. The van der Waals surface area contributed by atoms with Crippen molar-refractivity contribution in [3.8, 4) is 11.5 Å². The molecule has 2 rings (SSSR count). The van der Waals surface area contributed by atoms with Gasteiger partial charge in [-0.2, -0.15) is 0 Å². The van der Waals surface area contributed by atoms with Gasteiger partial charge in [0, 0.05) is 38.5 Å². The fourth-order valence-electron chi connectivity index (χ4n) is 2.48. The predicted octanol–water partition coefficient (Wildman–Crippen LogP) is 1.76. The van der Waals surface area contributed by atoms with E-state index in [1.54, 1.807) is 21.9 Å². The van der Waals surface area contributed by atoms with Gasteiger partial charge in [-0.1, -0.05) is 0 Å². The van der Waals surface area contributed by atoms with Crippen molar-refractivity contribution in [1.29, 1.82) is 0 Å². The Morgan fingerprint density at radius 3 is 1.96 bits per heavy atom. The molecule has 132 valence electrons. The maximum absolute atomic E-state index is 12.2. The summed E-state index contributed by atoms with van der Waals surface area (Å²) in [7, 11) is 0. The highest BCUT2D eigenvalue weighted by molar-refractivity contribution is 6.18. The minimum absolute atomic E-state index is 0.0103. The van der Waals surface area contributed by atoms with Crippen LogP contribution in [0.4, 0.5) is 0 Å². The molecule has 1 aliphatic heterocycles. The summed E-state index contributed by atoms with van der Waals surface area (Å²) in [6.45, 7) is 4.67. The van der Waals surface area contributed by atoms with Crippen LogP contribution in [0.3, 0.4) is 0 Å². The molecule has 1 aromatic carbocycles. The molecule has 1 heterocycles. The number of ether oxygens (including phenoxy) is 2. The van der Waals surface area contributed by atoms with Crippen LogP contribution in [0.2, 0.25) is 0 Å². The molecule has 0 aliphatic carbocycles. The number of hydrogen-bond donors (Lipinski definition) is 0. The zero-order chi connectivity index (χ0) is 17.4. The summed E-state index contributed by atoms with van der Waals surface area (Å²) >= 11 is 5.59. The smallest absolute Gasteiger partial charge is 0.260 e. The molecule has 0 atom stereocenters. The van der Waals surface area contributed by atoms with E-state index in [9.17, 15) is 9.59 Å². The van der Waals surface area contributed by atoms with Gasteiger partial charge in [0.15, 0.2) is 6.61 Å². The molecule has 0 unspecified atom stereocenters. The number of halogens is 1. The van der Waals surface area contributed by atoms with Crippen LogP contribution in [0.1, 0.15) is 13.3 Å². The van der Waals surface area contributed by atoms with Gasteiger partial charge in [0.25, 0.3) is 5.91 Å². The lowest BCUT2D eigenvalue weighted by molar-refractivity contribution is -0.140. The van der Waals surface area contributed by atoms with E-state index in [-0.39, 0.29) is 18.4 Å². The number of carbonyl (C=O) groups is 2. The summed E-state index contributed by atoms with van der Waals surface area (Å²) in [5.41, 5.74) is 0. The van der Waals surface area contributed by atoms with Crippen LogP contribution in [-0.4, -0.2) is 66.9 Å². The monoisotopic (exact) mass is 354 g/mol. The average molecular weight is 355 g/mol. The zero-order valence-electron chi connectivity index (χ0n) is 13.9. The van der Waals surface area contributed by atoms with E-state index in [4.69, 9.17) is 21.1 Å². The summed E-state index contributed by atoms with van der Waals surface area (Å²) in [5.74, 6) is 1.70. The Hall–Kier alpha value is -1.95. The van der Waals surface area contributed by atoms with Gasteiger partial charge in [-0.05, 0) is 31.2 Å². The summed E-state index contributed by atoms with van der Waals surface area (Å²) in [4.78, 5) is 27.4. The quantitative estimate of drug-likeness (QED) is 0.700. The van der Waals surface area contributed by atoms with E-state index in [1.807, 2.05) is 19.1 Å². The molecule has 2 amide bonds. The van der Waals surface area contributed by atoms with Crippen molar-refractivity contribution in [3.63, 3.8) is 0 Å². The topological polar surface area (TPSA) is 59.1 Å². The van der Waals surface area contributed by atoms with Gasteiger partial charge < -0.3 is 19.3 Å². The highest BCUT2D eigenvalue weighted by atomic mass is 35.5. The van der Waals surface area contributed by atoms with Crippen molar-refractivity contribution >= 4 is 23.4 Å². The van der Waals surface area contributed by atoms with E-state index < -0.39 is 0 Å². The van der Waals surface area contributed by atoms with Crippen LogP contribution in [0.25, 0.3) is 0 Å². The van der Waals surface area contributed by atoms with Crippen LogP contribution in [-0.2, 0) is 9.59 Å². The molecule has 0 bridgehead atoms. The number of alkyl halides is 1. The lowest BCUT2D eigenvalue weighted by Gasteiger charge is -2.34. The van der Waals surface area contributed by atoms with Gasteiger partial charge in [0.05, 0.1) is 6.61 Å². The second kappa shape index (κ2) is 9.37. The first kappa shape index (κ1) is 18.4. The Morgan fingerprint density at radius 2 is 1.46 bits per heavy atom. The molecule has 24 heavy (non-hydrogen) atoms. The van der Waals surface area contributed by atoms with E-state index in [2.05, 4.69) is 0 Å². The molecule has 0 radical (unpaired) electrons. The summed E-state index contributed by atoms with van der Waals surface area (Å²) in [6, 6.07) is 7.18. The minimum Gasteiger partial charge on any atom is -0.494 e. The Morgan fingerprint density at radius 1 is 0.958 bits per heavy atom. The maximum Gasteiger partial charge on any atom is 0.260 e. The molecule has 1 fully saturated rings. The number of nitrogens with zero attached hydrogens (tertiary/aromatic N) is 2. The van der Waals surface area contributed by atoms with Gasteiger partial charge >= 0.3 is 0 Å². The molecule has 1 saturated heterocycles. The largest absolute Gasteiger partial charge is 0.494 e. The van der Waals surface area contributed by atoms with Gasteiger partial charge in [0.2, 0.25) is 5.91 Å². The van der Waals surface area contributed by atoms with Crippen LogP contribution >= 0.6 is 11.6 Å². The third-order valence-corrected chi connectivity index (χ3v) is 3.98. The van der Waals surface area contributed by atoms with Crippen molar-refractivity contribution < 1.29 is 19.1 Å². The molecule has 0 aromatic heterocycles. The molecule has 7 heteroatoms. The van der Waals surface area contributed by atoms with Crippen molar-refractivity contribution in [2.75, 3.05) is 45.3 Å². The Kier molecular flexibility index (Phi) is 7.18. The zero-order valence-corrected chi connectivity index (χ0v) is 14.6. The van der Waals surface area contributed by atoms with Gasteiger partial charge in [-0.15, -0.1) is 11.6 Å². The van der Waals surface area contributed by atoms with Crippen LogP contribution in [0.5, 0.6) is 11.5 Å². The van der Waals surface area contributed by atoms with Gasteiger partial charge in [-0.25, -0.2) is 0 Å². The molecule has 0 spiro atoms. The van der Waals surface area contributed by atoms with E-state index in [0.29, 0.717) is 50.8 Å². The highest BCUT2D eigenvalue weighted by Gasteiger charge is 2.23. The third-order valence-electron chi connectivity index (χ3n) is 3.79. The summed E-state index contributed by atoms with van der Waals surface area (Å²) in [6.07, 6.45) is 0.344.